The highest BCUT2D eigenvalue weighted by Gasteiger charge is 2.31. The molecule has 0 fully saturated rings. The zero-order valence-electron chi connectivity index (χ0n) is 15.1. The summed E-state index contributed by atoms with van der Waals surface area (Å²) in [6.45, 7) is 0.298. The number of halogens is 2. The fourth-order valence-electron chi connectivity index (χ4n) is 3.25. The molecule has 29 heavy (non-hydrogen) atoms. The molecule has 1 amide bonds. The molecule has 1 aliphatic heterocycles. The van der Waals surface area contributed by atoms with Crippen LogP contribution in [0.25, 0.3) is 0 Å². The minimum atomic E-state index is -3.69. The lowest BCUT2D eigenvalue weighted by Crippen LogP contribution is -2.29. The molecule has 8 heteroatoms. The molecule has 0 spiro atoms. The topological polar surface area (TPSA) is 66.5 Å². The average Bonchev–Trinajstić information content (AvgIpc) is 3.14. The fraction of sp³-hybridized carbons (Fsp3) is 0.0952. The molecule has 0 saturated carbocycles. The predicted molar refractivity (Wildman–Crippen MR) is 113 cm³/mol. The van der Waals surface area contributed by atoms with Gasteiger partial charge in [0.2, 0.25) is 0 Å². The fourth-order valence-corrected chi connectivity index (χ4v) is 5.02. The van der Waals surface area contributed by atoms with Crippen molar-refractivity contribution in [1.29, 1.82) is 0 Å². The molecule has 148 valence electrons. The van der Waals surface area contributed by atoms with E-state index in [0.717, 1.165) is 10.0 Å². The molecule has 0 aromatic heterocycles. The number of nitrogens with zero attached hydrogens (tertiary/aromatic N) is 1. The van der Waals surface area contributed by atoms with Crippen LogP contribution in [0.5, 0.6) is 0 Å². The van der Waals surface area contributed by atoms with E-state index < -0.39 is 21.7 Å². The number of fused-ring (bicyclic) bond motifs is 1. The van der Waals surface area contributed by atoms with Crippen molar-refractivity contribution in [3.8, 4) is 0 Å². The number of nitrogens with one attached hydrogen (secondary N) is 1. The van der Waals surface area contributed by atoms with Gasteiger partial charge in [-0.1, -0.05) is 28.1 Å². The third kappa shape index (κ3) is 3.77. The van der Waals surface area contributed by atoms with Crippen molar-refractivity contribution in [3.63, 3.8) is 0 Å². The predicted octanol–water partition coefficient (Wildman–Crippen LogP) is 4.59. The lowest BCUT2D eigenvalue weighted by Gasteiger charge is -2.20. The van der Waals surface area contributed by atoms with Gasteiger partial charge in [0, 0.05) is 16.6 Å². The summed E-state index contributed by atoms with van der Waals surface area (Å²) >= 11 is 3.30. The molecular formula is C21H16BrFN2O3S. The van der Waals surface area contributed by atoms with Crippen LogP contribution in [-0.4, -0.2) is 20.9 Å². The number of hydrogen-bond acceptors (Lipinski definition) is 3. The molecule has 3 aromatic rings. The van der Waals surface area contributed by atoms with Crippen LogP contribution in [0, 0.1) is 5.82 Å². The summed E-state index contributed by atoms with van der Waals surface area (Å²) in [5.41, 5.74) is 1.74. The van der Waals surface area contributed by atoms with Gasteiger partial charge in [0.15, 0.2) is 0 Å². The van der Waals surface area contributed by atoms with E-state index in [1.807, 2.05) is 0 Å². The second-order valence-electron chi connectivity index (χ2n) is 6.56. The molecule has 3 aromatic carbocycles. The number of rotatable bonds is 4. The minimum Gasteiger partial charge on any atom is -0.319 e. The molecule has 5 nitrogen and oxygen atoms in total. The number of para-hydroxylation sites is 1. The Kier molecular flexibility index (Phi) is 5.14. The maximum atomic E-state index is 13.8. The molecule has 0 aliphatic carbocycles. The number of carbonyl (C=O) groups is 1. The third-order valence-corrected chi connectivity index (χ3v) is 7.07. The van der Waals surface area contributed by atoms with Crippen LogP contribution in [-0.2, 0) is 16.4 Å². The monoisotopic (exact) mass is 474 g/mol. The van der Waals surface area contributed by atoms with Gasteiger partial charge in [-0.25, -0.2) is 12.8 Å². The first-order valence-electron chi connectivity index (χ1n) is 8.83. The van der Waals surface area contributed by atoms with E-state index in [4.69, 9.17) is 0 Å². The lowest BCUT2D eigenvalue weighted by atomic mass is 10.1. The highest BCUT2D eigenvalue weighted by Crippen LogP contribution is 2.34. The molecule has 1 aliphatic rings. The van der Waals surface area contributed by atoms with Crippen molar-refractivity contribution in [2.24, 2.45) is 0 Å². The maximum absolute atomic E-state index is 13.8. The van der Waals surface area contributed by atoms with E-state index in [1.54, 1.807) is 54.6 Å². The molecular weight excluding hydrogens is 459 g/mol. The Labute approximate surface area is 176 Å². The van der Waals surface area contributed by atoms with Crippen molar-refractivity contribution in [2.45, 2.75) is 11.3 Å². The van der Waals surface area contributed by atoms with Crippen molar-refractivity contribution in [2.75, 3.05) is 16.2 Å². The molecule has 0 atom stereocenters. The van der Waals surface area contributed by atoms with Gasteiger partial charge in [-0.05, 0) is 66.6 Å². The van der Waals surface area contributed by atoms with Crippen molar-refractivity contribution < 1.29 is 17.6 Å². The Morgan fingerprint density at radius 3 is 2.48 bits per heavy atom. The Morgan fingerprint density at radius 2 is 1.76 bits per heavy atom. The summed E-state index contributed by atoms with van der Waals surface area (Å²) in [7, 11) is -3.69. The van der Waals surface area contributed by atoms with Gasteiger partial charge in [0.1, 0.15) is 5.82 Å². The van der Waals surface area contributed by atoms with E-state index in [2.05, 4.69) is 21.2 Å². The first-order chi connectivity index (χ1) is 13.9. The molecule has 0 saturated heterocycles. The number of hydrogen-bond donors (Lipinski definition) is 1. The summed E-state index contributed by atoms with van der Waals surface area (Å²) in [4.78, 5) is 12.7. The van der Waals surface area contributed by atoms with Gasteiger partial charge in [-0.3, -0.25) is 9.10 Å². The lowest BCUT2D eigenvalue weighted by molar-refractivity contribution is 0.102. The maximum Gasteiger partial charge on any atom is 0.264 e. The summed E-state index contributed by atoms with van der Waals surface area (Å²) in [5, 5.41) is 2.54. The first-order valence-corrected chi connectivity index (χ1v) is 11.1. The zero-order chi connectivity index (χ0) is 20.6. The standard InChI is InChI=1S/C21H16BrFN2O3S/c22-16-6-8-17(9-7-16)29(27,28)25-12-11-14-13-15(5-10-20(14)25)21(26)24-19-4-2-1-3-18(19)23/h1-10,13H,11-12H2,(H,24,26). The minimum absolute atomic E-state index is 0.0949. The SMILES string of the molecule is O=C(Nc1ccccc1F)c1ccc2c(c1)CCN2S(=O)(=O)c1ccc(Br)cc1. The highest BCUT2D eigenvalue weighted by atomic mass is 79.9. The van der Waals surface area contributed by atoms with Gasteiger partial charge in [-0.15, -0.1) is 0 Å². The summed E-state index contributed by atoms with van der Waals surface area (Å²) in [6, 6.07) is 17.2. The summed E-state index contributed by atoms with van der Waals surface area (Å²) in [6.07, 6.45) is 0.492. The normalized spacial score (nSPS) is 13.2. The van der Waals surface area contributed by atoms with Crippen molar-refractivity contribution >= 4 is 43.2 Å². The van der Waals surface area contributed by atoms with Gasteiger partial charge in [-0.2, -0.15) is 0 Å². The molecule has 0 radical (unpaired) electrons. The number of sulfonamides is 1. The first kappa shape index (κ1) is 19.6. The third-order valence-electron chi connectivity index (χ3n) is 4.72. The van der Waals surface area contributed by atoms with E-state index in [9.17, 15) is 17.6 Å². The molecule has 4 rings (SSSR count). The van der Waals surface area contributed by atoms with Crippen LogP contribution in [0.4, 0.5) is 15.8 Å². The van der Waals surface area contributed by atoms with Crippen LogP contribution >= 0.6 is 15.9 Å². The van der Waals surface area contributed by atoms with Crippen LogP contribution in [0.2, 0.25) is 0 Å². The van der Waals surface area contributed by atoms with E-state index in [-0.39, 0.29) is 10.6 Å². The summed E-state index contributed by atoms with van der Waals surface area (Å²) in [5.74, 6) is -0.971. The zero-order valence-corrected chi connectivity index (χ0v) is 17.5. The van der Waals surface area contributed by atoms with Crippen LogP contribution < -0.4 is 9.62 Å². The van der Waals surface area contributed by atoms with Crippen molar-refractivity contribution in [1.82, 2.24) is 0 Å². The number of benzene rings is 3. The number of anilines is 2. The highest BCUT2D eigenvalue weighted by molar-refractivity contribution is 9.10. The average molecular weight is 475 g/mol. The second-order valence-corrected chi connectivity index (χ2v) is 9.34. The molecule has 1 heterocycles. The van der Waals surface area contributed by atoms with Crippen LogP contribution in [0.3, 0.4) is 0 Å². The van der Waals surface area contributed by atoms with Crippen LogP contribution in [0.15, 0.2) is 76.1 Å². The smallest absolute Gasteiger partial charge is 0.264 e. The van der Waals surface area contributed by atoms with Crippen LogP contribution in [0.1, 0.15) is 15.9 Å². The second kappa shape index (κ2) is 7.61. The van der Waals surface area contributed by atoms with Gasteiger partial charge in [0.25, 0.3) is 15.9 Å². The number of carbonyl (C=O) groups excluding carboxylic acids is 1. The van der Waals surface area contributed by atoms with Gasteiger partial charge >= 0.3 is 0 Å². The molecule has 0 bridgehead atoms. The quantitative estimate of drug-likeness (QED) is 0.601. The van der Waals surface area contributed by atoms with E-state index in [1.165, 1.54) is 16.4 Å². The van der Waals surface area contributed by atoms with Gasteiger partial charge in [0.05, 0.1) is 16.3 Å². The Balaban J connectivity index is 1.60. The van der Waals surface area contributed by atoms with Crippen molar-refractivity contribution in [3.05, 3.63) is 88.1 Å². The van der Waals surface area contributed by atoms with E-state index >= 15 is 0 Å². The summed E-state index contributed by atoms with van der Waals surface area (Å²) < 4.78 is 41.9. The van der Waals surface area contributed by atoms with Gasteiger partial charge < -0.3 is 5.32 Å². The Hall–Kier alpha value is -2.71. The Bertz CT molecular complexity index is 1200. The Morgan fingerprint density at radius 1 is 1.03 bits per heavy atom. The number of amides is 1. The van der Waals surface area contributed by atoms with E-state index in [0.29, 0.717) is 24.2 Å². The largest absolute Gasteiger partial charge is 0.319 e. The molecule has 0 unspecified atom stereocenters. The molecule has 1 N–H and O–H groups in total.